The highest BCUT2D eigenvalue weighted by atomic mass is 14.2. The molecule has 224 valence electrons. The van der Waals surface area contributed by atoms with Gasteiger partial charge in [0.05, 0.1) is 0 Å². The molecule has 0 amide bonds. The Morgan fingerprint density at radius 2 is 0.854 bits per heavy atom. The fraction of sp³-hybridized carbons (Fsp3) is 0.0417. The molecule has 0 aliphatic heterocycles. The van der Waals surface area contributed by atoms with E-state index in [1.165, 1.54) is 97.7 Å². The fourth-order valence-corrected chi connectivity index (χ4v) is 8.26. The van der Waals surface area contributed by atoms with Gasteiger partial charge in [0, 0.05) is 0 Å². The first-order valence-electron chi connectivity index (χ1n) is 17.0. The van der Waals surface area contributed by atoms with Crippen LogP contribution in [0.4, 0.5) is 0 Å². The summed E-state index contributed by atoms with van der Waals surface area (Å²) in [5, 5.41) is 15.6. The van der Waals surface area contributed by atoms with Gasteiger partial charge in [0.15, 0.2) is 0 Å². The molecule has 0 aromatic heterocycles. The molecular formula is C48H32. The largest absolute Gasteiger partial charge is 0.0757 e. The predicted molar refractivity (Wildman–Crippen MR) is 208 cm³/mol. The predicted octanol–water partition coefficient (Wildman–Crippen LogP) is 11.8. The molecular weight excluding hydrogens is 577 g/mol. The van der Waals surface area contributed by atoms with Gasteiger partial charge in [-0.2, -0.15) is 0 Å². The molecule has 48 heavy (non-hydrogen) atoms. The summed E-state index contributed by atoms with van der Waals surface area (Å²) in [6.07, 6.45) is 7.06. The van der Waals surface area contributed by atoms with Crippen molar-refractivity contribution in [1.29, 1.82) is 0 Å². The molecule has 0 N–H and O–H groups in total. The second-order valence-corrected chi connectivity index (χ2v) is 13.1. The van der Waals surface area contributed by atoms with E-state index in [2.05, 4.69) is 170 Å². The SMILES string of the molecule is C1=c2c(-c3ccc4ccccc4c3)cc3ccc(-c4c5ccccc5c(-c5cccc6ccccc56)c5ccccc45)cc3c2=CCC1. The summed E-state index contributed by atoms with van der Waals surface area (Å²) in [5.41, 5.74) is 7.76. The lowest BCUT2D eigenvalue weighted by Crippen LogP contribution is -2.29. The number of benzene rings is 9. The van der Waals surface area contributed by atoms with Crippen LogP contribution in [-0.2, 0) is 0 Å². The highest BCUT2D eigenvalue weighted by molar-refractivity contribution is 6.23. The molecule has 0 saturated heterocycles. The lowest BCUT2D eigenvalue weighted by atomic mass is 9.84. The Morgan fingerprint density at radius 1 is 0.292 bits per heavy atom. The lowest BCUT2D eigenvalue weighted by molar-refractivity contribution is 1.12. The van der Waals surface area contributed by atoms with E-state index < -0.39 is 0 Å². The van der Waals surface area contributed by atoms with Crippen LogP contribution in [0.25, 0.3) is 99.4 Å². The smallest absolute Gasteiger partial charge is 0.00201 e. The molecule has 0 atom stereocenters. The van der Waals surface area contributed by atoms with Crippen LogP contribution < -0.4 is 10.4 Å². The maximum atomic E-state index is 2.46. The van der Waals surface area contributed by atoms with Crippen molar-refractivity contribution in [3.8, 4) is 33.4 Å². The Labute approximate surface area is 279 Å². The summed E-state index contributed by atoms with van der Waals surface area (Å²) in [6.45, 7) is 0. The molecule has 0 radical (unpaired) electrons. The molecule has 10 rings (SSSR count). The first-order chi connectivity index (χ1) is 23.8. The molecule has 0 fully saturated rings. The van der Waals surface area contributed by atoms with Crippen molar-refractivity contribution in [2.45, 2.75) is 12.8 Å². The van der Waals surface area contributed by atoms with Gasteiger partial charge < -0.3 is 0 Å². The van der Waals surface area contributed by atoms with E-state index in [1.807, 2.05) is 0 Å². The Kier molecular flexibility index (Phi) is 6.11. The molecule has 0 saturated carbocycles. The molecule has 0 nitrogen and oxygen atoms in total. The van der Waals surface area contributed by atoms with Gasteiger partial charge in [-0.05, 0) is 129 Å². The van der Waals surface area contributed by atoms with Crippen LogP contribution >= 0.6 is 0 Å². The maximum Gasteiger partial charge on any atom is -0.00201 e. The zero-order valence-electron chi connectivity index (χ0n) is 26.6. The van der Waals surface area contributed by atoms with Crippen molar-refractivity contribution in [2.24, 2.45) is 0 Å². The van der Waals surface area contributed by atoms with Crippen molar-refractivity contribution in [3.05, 3.63) is 168 Å². The second-order valence-electron chi connectivity index (χ2n) is 13.1. The molecule has 0 heteroatoms. The summed E-state index contributed by atoms with van der Waals surface area (Å²) in [4.78, 5) is 0. The van der Waals surface area contributed by atoms with Gasteiger partial charge in [-0.25, -0.2) is 0 Å². The molecule has 1 aliphatic carbocycles. The molecule has 0 unspecified atom stereocenters. The second kappa shape index (κ2) is 10.8. The van der Waals surface area contributed by atoms with Gasteiger partial charge in [-0.1, -0.05) is 152 Å². The van der Waals surface area contributed by atoms with E-state index in [-0.39, 0.29) is 0 Å². The highest BCUT2D eigenvalue weighted by Crippen LogP contribution is 2.45. The minimum absolute atomic E-state index is 1.07. The van der Waals surface area contributed by atoms with Crippen molar-refractivity contribution < 1.29 is 0 Å². The van der Waals surface area contributed by atoms with Crippen LogP contribution in [0.3, 0.4) is 0 Å². The van der Waals surface area contributed by atoms with Crippen molar-refractivity contribution >= 4 is 66.0 Å². The van der Waals surface area contributed by atoms with Crippen LogP contribution in [0.2, 0.25) is 0 Å². The van der Waals surface area contributed by atoms with E-state index >= 15 is 0 Å². The van der Waals surface area contributed by atoms with E-state index in [0.29, 0.717) is 0 Å². The van der Waals surface area contributed by atoms with Crippen LogP contribution in [0.15, 0.2) is 158 Å². The maximum absolute atomic E-state index is 2.46. The molecule has 0 spiro atoms. The monoisotopic (exact) mass is 608 g/mol. The average molecular weight is 609 g/mol. The quantitative estimate of drug-likeness (QED) is 0.175. The minimum Gasteiger partial charge on any atom is -0.0757 e. The van der Waals surface area contributed by atoms with Gasteiger partial charge in [-0.15, -0.1) is 0 Å². The zero-order valence-corrected chi connectivity index (χ0v) is 26.6. The van der Waals surface area contributed by atoms with Crippen LogP contribution in [0.5, 0.6) is 0 Å². The normalized spacial score (nSPS) is 12.8. The number of hydrogen-bond acceptors (Lipinski definition) is 0. The first-order valence-corrected chi connectivity index (χ1v) is 17.0. The zero-order chi connectivity index (χ0) is 31.6. The molecule has 0 bridgehead atoms. The fourth-order valence-electron chi connectivity index (χ4n) is 8.26. The molecule has 9 aromatic carbocycles. The summed E-state index contributed by atoms with van der Waals surface area (Å²) >= 11 is 0. The van der Waals surface area contributed by atoms with Gasteiger partial charge >= 0.3 is 0 Å². The molecule has 9 aromatic rings. The van der Waals surface area contributed by atoms with Gasteiger partial charge in [-0.3, -0.25) is 0 Å². The lowest BCUT2D eigenvalue weighted by Gasteiger charge is -2.19. The highest BCUT2D eigenvalue weighted by Gasteiger charge is 2.18. The minimum atomic E-state index is 1.07. The van der Waals surface area contributed by atoms with Crippen LogP contribution in [-0.4, -0.2) is 0 Å². The third kappa shape index (κ3) is 4.16. The Hall–Kier alpha value is -5.98. The third-order valence-corrected chi connectivity index (χ3v) is 10.4. The average Bonchev–Trinajstić information content (AvgIpc) is 3.16. The molecule has 0 heterocycles. The van der Waals surface area contributed by atoms with Crippen molar-refractivity contribution in [3.63, 3.8) is 0 Å². The Morgan fingerprint density at radius 3 is 1.60 bits per heavy atom. The number of fused-ring (bicyclic) bond motifs is 7. The van der Waals surface area contributed by atoms with E-state index in [9.17, 15) is 0 Å². The number of hydrogen-bond donors (Lipinski definition) is 0. The summed E-state index contributed by atoms with van der Waals surface area (Å²) in [5.74, 6) is 0. The first kappa shape index (κ1) is 27.2. The summed E-state index contributed by atoms with van der Waals surface area (Å²) in [7, 11) is 0. The van der Waals surface area contributed by atoms with Crippen LogP contribution in [0.1, 0.15) is 12.8 Å². The van der Waals surface area contributed by atoms with Crippen LogP contribution in [0, 0.1) is 0 Å². The Balaban J connectivity index is 1.25. The van der Waals surface area contributed by atoms with Gasteiger partial charge in [0.25, 0.3) is 0 Å². The van der Waals surface area contributed by atoms with E-state index in [1.54, 1.807) is 0 Å². The topological polar surface area (TPSA) is 0 Å². The van der Waals surface area contributed by atoms with E-state index in [4.69, 9.17) is 0 Å². The van der Waals surface area contributed by atoms with Gasteiger partial charge in [0.2, 0.25) is 0 Å². The van der Waals surface area contributed by atoms with Crippen molar-refractivity contribution in [1.82, 2.24) is 0 Å². The Bertz CT molecular complexity index is 2830. The summed E-state index contributed by atoms with van der Waals surface area (Å²) in [6, 6.07) is 58.6. The van der Waals surface area contributed by atoms with Gasteiger partial charge in [0.1, 0.15) is 0 Å². The molecule has 1 aliphatic rings. The standard InChI is InChI=1S/C48H32/c1-2-14-33-28-34(25-24-31(33)12-1)45-29-35-26-27-36(30-46(35)39-18-6-5-17-38(39)45)47-41-19-7-9-21-43(41)48(44-22-10-8-20-42(44)47)40-23-11-15-32-13-3-4-16-37(32)40/h1-4,7-30H,5-6H2. The van der Waals surface area contributed by atoms with Crippen molar-refractivity contribution in [2.75, 3.05) is 0 Å². The van der Waals surface area contributed by atoms with E-state index in [0.717, 1.165) is 12.8 Å². The third-order valence-electron chi connectivity index (χ3n) is 10.4. The summed E-state index contributed by atoms with van der Waals surface area (Å²) < 4.78 is 0. The number of rotatable bonds is 3.